The Morgan fingerprint density at radius 2 is 2.09 bits per heavy atom. The molecule has 2 N–H and O–H groups in total. The zero-order valence-electron chi connectivity index (χ0n) is 13.4. The van der Waals surface area contributed by atoms with Crippen LogP contribution in [0.1, 0.15) is 26.5 Å². The number of carbonyl (C=O) groups is 1. The number of hydrogen-bond acceptors (Lipinski definition) is 6. The molecule has 0 spiro atoms. The Bertz CT molecular complexity index is 691. The van der Waals surface area contributed by atoms with Crippen LogP contribution in [0, 0.1) is 6.92 Å². The highest BCUT2D eigenvalue weighted by molar-refractivity contribution is 7.19. The zero-order valence-corrected chi connectivity index (χ0v) is 14.2. The Morgan fingerprint density at radius 1 is 1.41 bits per heavy atom. The number of nitrogen functional groups attached to an aromatic ring is 1. The quantitative estimate of drug-likeness (QED) is 0.916. The third-order valence-electron chi connectivity index (χ3n) is 2.78. The van der Waals surface area contributed by atoms with Crippen molar-refractivity contribution in [1.82, 2.24) is 9.97 Å². The van der Waals surface area contributed by atoms with E-state index < -0.39 is 11.7 Å². The van der Waals surface area contributed by atoms with E-state index in [0.29, 0.717) is 10.9 Å². The number of nitrogens with zero attached hydrogens (tertiary/aromatic N) is 3. The summed E-state index contributed by atoms with van der Waals surface area (Å²) in [5.74, 6) is 0.451. The highest BCUT2D eigenvalue weighted by atomic mass is 32.1. The van der Waals surface area contributed by atoms with Crippen molar-refractivity contribution < 1.29 is 9.53 Å². The standard InChI is InChI=1S/C15H20N4O2S/c1-9-12(10-6-7-17-11(16)8-10)22-13(18-9)19(5)14(20)21-15(2,3)4/h6-8H,1-5H3,(H2,16,17). The van der Waals surface area contributed by atoms with E-state index in [1.54, 1.807) is 19.3 Å². The van der Waals surface area contributed by atoms with Crippen LogP contribution in [0.3, 0.4) is 0 Å². The number of hydrogen-bond donors (Lipinski definition) is 1. The summed E-state index contributed by atoms with van der Waals surface area (Å²) in [5.41, 5.74) is 6.95. The van der Waals surface area contributed by atoms with E-state index in [-0.39, 0.29) is 0 Å². The lowest BCUT2D eigenvalue weighted by Crippen LogP contribution is -2.34. The highest BCUT2D eigenvalue weighted by Gasteiger charge is 2.23. The van der Waals surface area contributed by atoms with Gasteiger partial charge in [0.05, 0.1) is 10.6 Å². The van der Waals surface area contributed by atoms with Crippen LogP contribution in [0.4, 0.5) is 15.7 Å². The Morgan fingerprint density at radius 3 is 2.68 bits per heavy atom. The molecular weight excluding hydrogens is 300 g/mol. The third kappa shape index (κ3) is 3.73. The molecular formula is C15H20N4O2S. The van der Waals surface area contributed by atoms with E-state index in [2.05, 4.69) is 9.97 Å². The van der Waals surface area contributed by atoms with E-state index >= 15 is 0 Å². The van der Waals surface area contributed by atoms with Gasteiger partial charge in [-0.15, -0.1) is 0 Å². The molecule has 0 unspecified atom stereocenters. The molecule has 0 aromatic carbocycles. The number of ether oxygens (including phenoxy) is 1. The molecule has 118 valence electrons. The van der Waals surface area contributed by atoms with Crippen molar-refractivity contribution in [2.24, 2.45) is 0 Å². The maximum atomic E-state index is 12.1. The lowest BCUT2D eigenvalue weighted by Gasteiger charge is -2.23. The van der Waals surface area contributed by atoms with Crippen molar-refractivity contribution in [3.05, 3.63) is 24.0 Å². The van der Waals surface area contributed by atoms with E-state index in [1.807, 2.05) is 33.8 Å². The SMILES string of the molecule is Cc1nc(N(C)C(=O)OC(C)(C)C)sc1-c1ccnc(N)c1. The molecule has 1 amide bonds. The molecule has 2 aromatic heterocycles. The molecule has 0 bridgehead atoms. The van der Waals surface area contributed by atoms with Crippen molar-refractivity contribution >= 4 is 28.4 Å². The smallest absolute Gasteiger partial charge is 0.416 e. The summed E-state index contributed by atoms with van der Waals surface area (Å²) in [4.78, 5) is 22.9. The number of aryl methyl sites for hydroxylation is 1. The van der Waals surface area contributed by atoms with Gasteiger partial charge in [-0.05, 0) is 45.4 Å². The first kappa shape index (κ1) is 16.2. The van der Waals surface area contributed by atoms with Crippen LogP contribution in [0.5, 0.6) is 0 Å². The molecule has 0 radical (unpaired) electrons. The highest BCUT2D eigenvalue weighted by Crippen LogP contribution is 2.34. The molecule has 2 aromatic rings. The molecule has 0 saturated heterocycles. The number of nitrogens with two attached hydrogens (primary N) is 1. The van der Waals surface area contributed by atoms with Gasteiger partial charge in [0.25, 0.3) is 0 Å². The van der Waals surface area contributed by atoms with Crippen LogP contribution in [0.2, 0.25) is 0 Å². The first-order valence-electron chi connectivity index (χ1n) is 6.83. The van der Waals surface area contributed by atoms with Crippen molar-refractivity contribution in [2.75, 3.05) is 17.7 Å². The number of amides is 1. The molecule has 0 fully saturated rings. The third-order valence-corrected chi connectivity index (χ3v) is 4.07. The van der Waals surface area contributed by atoms with Gasteiger partial charge >= 0.3 is 6.09 Å². The minimum absolute atomic E-state index is 0.429. The predicted molar refractivity (Wildman–Crippen MR) is 89.1 cm³/mol. The fourth-order valence-electron chi connectivity index (χ4n) is 1.79. The summed E-state index contributed by atoms with van der Waals surface area (Å²) in [6, 6.07) is 3.66. The monoisotopic (exact) mass is 320 g/mol. The molecule has 0 atom stereocenters. The molecule has 0 aliphatic heterocycles. The number of pyridine rings is 1. The topological polar surface area (TPSA) is 81.3 Å². The van der Waals surface area contributed by atoms with Crippen molar-refractivity contribution in [3.63, 3.8) is 0 Å². The van der Waals surface area contributed by atoms with Crippen LogP contribution in [0.15, 0.2) is 18.3 Å². The van der Waals surface area contributed by atoms with Crippen LogP contribution < -0.4 is 10.6 Å². The maximum absolute atomic E-state index is 12.1. The number of carbonyl (C=O) groups excluding carboxylic acids is 1. The van der Waals surface area contributed by atoms with E-state index in [4.69, 9.17) is 10.5 Å². The first-order valence-corrected chi connectivity index (χ1v) is 7.65. The summed E-state index contributed by atoms with van der Waals surface area (Å²) in [6.45, 7) is 7.39. The van der Waals surface area contributed by atoms with Crippen molar-refractivity contribution in [1.29, 1.82) is 0 Å². The summed E-state index contributed by atoms with van der Waals surface area (Å²) < 4.78 is 5.35. The van der Waals surface area contributed by atoms with Crippen molar-refractivity contribution in [2.45, 2.75) is 33.3 Å². The average molecular weight is 320 g/mol. The van der Waals surface area contributed by atoms with Gasteiger partial charge in [0.1, 0.15) is 11.4 Å². The summed E-state index contributed by atoms with van der Waals surface area (Å²) in [6.07, 6.45) is 1.23. The Kier molecular flexibility index (Phi) is 4.37. The average Bonchev–Trinajstić information content (AvgIpc) is 2.78. The summed E-state index contributed by atoms with van der Waals surface area (Å²) in [5, 5.41) is 0.581. The second-order valence-corrected chi connectivity index (χ2v) is 6.90. The minimum Gasteiger partial charge on any atom is -0.443 e. The van der Waals surface area contributed by atoms with Gasteiger partial charge in [0, 0.05) is 13.2 Å². The number of rotatable bonds is 2. The molecule has 0 saturated carbocycles. The van der Waals surface area contributed by atoms with Gasteiger partial charge in [-0.25, -0.2) is 14.8 Å². The molecule has 0 aliphatic rings. The molecule has 2 heterocycles. The van der Waals surface area contributed by atoms with Gasteiger partial charge in [-0.2, -0.15) is 0 Å². The van der Waals surface area contributed by atoms with Gasteiger partial charge in [0.15, 0.2) is 5.13 Å². The molecule has 0 aliphatic carbocycles. The Hall–Kier alpha value is -2.15. The normalized spacial score (nSPS) is 11.3. The van der Waals surface area contributed by atoms with E-state index in [0.717, 1.165) is 16.1 Å². The fourth-order valence-corrected chi connectivity index (χ4v) is 2.81. The predicted octanol–water partition coefficient (Wildman–Crippen LogP) is 3.47. The Balaban J connectivity index is 2.28. The van der Waals surface area contributed by atoms with Crippen LogP contribution >= 0.6 is 11.3 Å². The van der Waals surface area contributed by atoms with Crippen LogP contribution in [-0.2, 0) is 4.74 Å². The lowest BCUT2D eigenvalue weighted by molar-refractivity contribution is 0.0589. The molecule has 7 heteroatoms. The Labute approximate surface area is 133 Å². The van der Waals surface area contributed by atoms with Gasteiger partial charge in [-0.1, -0.05) is 11.3 Å². The second-order valence-electron chi connectivity index (χ2n) is 5.92. The van der Waals surface area contributed by atoms with Crippen LogP contribution in [-0.4, -0.2) is 28.7 Å². The van der Waals surface area contributed by atoms with E-state index in [1.165, 1.54) is 16.2 Å². The van der Waals surface area contributed by atoms with Gasteiger partial charge in [-0.3, -0.25) is 4.90 Å². The lowest BCUT2D eigenvalue weighted by atomic mass is 10.2. The fraction of sp³-hybridized carbons (Fsp3) is 0.400. The van der Waals surface area contributed by atoms with Gasteiger partial charge < -0.3 is 10.5 Å². The second kappa shape index (κ2) is 5.92. The minimum atomic E-state index is -0.542. The summed E-state index contributed by atoms with van der Waals surface area (Å²) >= 11 is 1.41. The maximum Gasteiger partial charge on any atom is 0.416 e. The number of aromatic nitrogens is 2. The van der Waals surface area contributed by atoms with Gasteiger partial charge in [0.2, 0.25) is 0 Å². The number of anilines is 2. The molecule has 6 nitrogen and oxygen atoms in total. The molecule has 22 heavy (non-hydrogen) atoms. The zero-order chi connectivity index (χ0) is 16.5. The van der Waals surface area contributed by atoms with Crippen molar-refractivity contribution in [3.8, 4) is 10.4 Å². The largest absolute Gasteiger partial charge is 0.443 e. The summed E-state index contributed by atoms with van der Waals surface area (Å²) in [7, 11) is 1.65. The van der Waals surface area contributed by atoms with E-state index in [9.17, 15) is 4.79 Å². The molecule has 2 rings (SSSR count). The van der Waals surface area contributed by atoms with Crippen LogP contribution in [0.25, 0.3) is 10.4 Å². The first-order chi connectivity index (χ1) is 10.2. The number of thiazole rings is 1.